The van der Waals surface area contributed by atoms with Gasteiger partial charge in [-0.05, 0) is 49.6 Å². The zero-order valence-electron chi connectivity index (χ0n) is 12.3. The second kappa shape index (κ2) is 6.38. The molecule has 2 nitrogen and oxygen atoms in total. The lowest BCUT2D eigenvalue weighted by atomic mass is 9.99. The Hall–Kier alpha value is -2.09. The standard InChI is InChI=1S/C18H20O2/c1-4-10-20-17-7-5-6-15(12-17)18(19)16-9-8-13(2)14(3)11-16/h5-9,11-12H,4,10H2,1-3H3. The Bertz CT molecular complexity index is 615. The van der Waals surface area contributed by atoms with E-state index in [9.17, 15) is 4.79 Å². The summed E-state index contributed by atoms with van der Waals surface area (Å²) in [5, 5.41) is 0. The maximum absolute atomic E-state index is 12.5. The number of rotatable bonds is 5. The molecule has 20 heavy (non-hydrogen) atoms. The van der Waals surface area contributed by atoms with Crippen molar-refractivity contribution in [2.75, 3.05) is 6.61 Å². The zero-order chi connectivity index (χ0) is 14.5. The van der Waals surface area contributed by atoms with E-state index in [1.165, 1.54) is 5.56 Å². The van der Waals surface area contributed by atoms with Gasteiger partial charge in [0, 0.05) is 11.1 Å². The van der Waals surface area contributed by atoms with Crippen LogP contribution in [0.1, 0.15) is 40.4 Å². The molecular formula is C18H20O2. The molecule has 2 aromatic carbocycles. The summed E-state index contributed by atoms with van der Waals surface area (Å²) >= 11 is 0. The van der Waals surface area contributed by atoms with Crippen LogP contribution in [0.3, 0.4) is 0 Å². The number of ether oxygens (including phenoxy) is 1. The fraction of sp³-hybridized carbons (Fsp3) is 0.278. The molecule has 0 saturated carbocycles. The molecule has 0 unspecified atom stereocenters. The van der Waals surface area contributed by atoms with Gasteiger partial charge in [0.25, 0.3) is 0 Å². The van der Waals surface area contributed by atoms with Gasteiger partial charge in [0.2, 0.25) is 0 Å². The van der Waals surface area contributed by atoms with Crippen LogP contribution in [0, 0.1) is 13.8 Å². The topological polar surface area (TPSA) is 26.3 Å². The normalized spacial score (nSPS) is 10.3. The van der Waals surface area contributed by atoms with Gasteiger partial charge in [-0.3, -0.25) is 4.79 Å². The quantitative estimate of drug-likeness (QED) is 0.755. The van der Waals surface area contributed by atoms with Crippen molar-refractivity contribution in [3.8, 4) is 5.75 Å². The van der Waals surface area contributed by atoms with E-state index in [1.54, 1.807) is 0 Å². The zero-order valence-corrected chi connectivity index (χ0v) is 12.3. The van der Waals surface area contributed by atoms with Crippen LogP contribution in [0.25, 0.3) is 0 Å². The molecule has 0 aromatic heterocycles. The third kappa shape index (κ3) is 3.27. The highest BCUT2D eigenvalue weighted by molar-refractivity contribution is 6.09. The van der Waals surface area contributed by atoms with Gasteiger partial charge in [-0.15, -0.1) is 0 Å². The van der Waals surface area contributed by atoms with Crippen molar-refractivity contribution in [3.63, 3.8) is 0 Å². The van der Waals surface area contributed by atoms with Crippen molar-refractivity contribution in [1.29, 1.82) is 0 Å². The van der Waals surface area contributed by atoms with Crippen LogP contribution in [0.4, 0.5) is 0 Å². The number of hydrogen-bond donors (Lipinski definition) is 0. The van der Waals surface area contributed by atoms with Crippen molar-refractivity contribution in [2.45, 2.75) is 27.2 Å². The van der Waals surface area contributed by atoms with Crippen molar-refractivity contribution in [1.82, 2.24) is 0 Å². The summed E-state index contributed by atoms with van der Waals surface area (Å²) in [7, 11) is 0. The summed E-state index contributed by atoms with van der Waals surface area (Å²) in [5.41, 5.74) is 3.72. The van der Waals surface area contributed by atoms with E-state index in [1.807, 2.05) is 56.3 Å². The lowest BCUT2D eigenvalue weighted by Crippen LogP contribution is -2.03. The molecule has 104 valence electrons. The van der Waals surface area contributed by atoms with E-state index in [4.69, 9.17) is 4.74 Å². The van der Waals surface area contributed by atoms with Gasteiger partial charge in [-0.2, -0.15) is 0 Å². The Balaban J connectivity index is 2.26. The van der Waals surface area contributed by atoms with Crippen molar-refractivity contribution in [3.05, 3.63) is 64.7 Å². The summed E-state index contributed by atoms with van der Waals surface area (Å²) in [5.74, 6) is 0.789. The number of aryl methyl sites for hydroxylation is 2. The number of hydrogen-bond acceptors (Lipinski definition) is 2. The Kier molecular flexibility index (Phi) is 4.57. The second-order valence-corrected chi connectivity index (χ2v) is 5.00. The van der Waals surface area contributed by atoms with Crippen LogP contribution in [-0.4, -0.2) is 12.4 Å². The van der Waals surface area contributed by atoms with Gasteiger partial charge in [0.05, 0.1) is 6.61 Å². The molecule has 0 spiro atoms. The van der Waals surface area contributed by atoms with Crippen LogP contribution in [0.5, 0.6) is 5.75 Å². The fourth-order valence-corrected chi connectivity index (χ4v) is 2.00. The van der Waals surface area contributed by atoms with Crippen molar-refractivity contribution in [2.24, 2.45) is 0 Å². The predicted octanol–water partition coefficient (Wildman–Crippen LogP) is 4.32. The number of carbonyl (C=O) groups excluding carboxylic acids is 1. The molecule has 0 aliphatic rings. The maximum atomic E-state index is 12.5. The highest BCUT2D eigenvalue weighted by Gasteiger charge is 2.10. The molecular weight excluding hydrogens is 248 g/mol. The van der Waals surface area contributed by atoms with E-state index in [0.717, 1.165) is 23.3 Å². The third-order valence-electron chi connectivity index (χ3n) is 3.34. The van der Waals surface area contributed by atoms with Crippen molar-refractivity contribution < 1.29 is 9.53 Å². The smallest absolute Gasteiger partial charge is 0.193 e. The predicted molar refractivity (Wildman–Crippen MR) is 81.6 cm³/mol. The molecule has 0 radical (unpaired) electrons. The van der Waals surface area contributed by atoms with E-state index < -0.39 is 0 Å². The summed E-state index contributed by atoms with van der Waals surface area (Å²) in [6, 6.07) is 13.2. The molecule has 2 aromatic rings. The van der Waals surface area contributed by atoms with E-state index in [-0.39, 0.29) is 5.78 Å². The molecule has 0 aliphatic carbocycles. The Morgan fingerprint density at radius 3 is 2.45 bits per heavy atom. The van der Waals surface area contributed by atoms with Gasteiger partial charge in [-0.25, -0.2) is 0 Å². The first-order chi connectivity index (χ1) is 9.61. The summed E-state index contributed by atoms with van der Waals surface area (Å²) in [6.07, 6.45) is 0.954. The van der Waals surface area contributed by atoms with Gasteiger partial charge in [0.1, 0.15) is 5.75 Å². The Morgan fingerprint density at radius 2 is 1.75 bits per heavy atom. The van der Waals surface area contributed by atoms with Crippen LogP contribution < -0.4 is 4.74 Å². The fourth-order valence-electron chi connectivity index (χ4n) is 2.00. The Morgan fingerprint density at radius 1 is 1.00 bits per heavy atom. The minimum absolute atomic E-state index is 0.0371. The number of benzene rings is 2. The molecule has 2 heteroatoms. The summed E-state index contributed by atoms with van der Waals surface area (Å²) in [4.78, 5) is 12.5. The molecule has 0 atom stereocenters. The first-order valence-electron chi connectivity index (χ1n) is 6.96. The van der Waals surface area contributed by atoms with E-state index in [0.29, 0.717) is 12.2 Å². The van der Waals surface area contributed by atoms with E-state index in [2.05, 4.69) is 6.92 Å². The number of carbonyl (C=O) groups is 1. The highest BCUT2D eigenvalue weighted by Crippen LogP contribution is 2.18. The van der Waals surface area contributed by atoms with Gasteiger partial charge in [0.15, 0.2) is 5.78 Å². The monoisotopic (exact) mass is 268 g/mol. The average molecular weight is 268 g/mol. The largest absolute Gasteiger partial charge is 0.494 e. The molecule has 0 saturated heterocycles. The van der Waals surface area contributed by atoms with Gasteiger partial charge < -0.3 is 4.74 Å². The highest BCUT2D eigenvalue weighted by atomic mass is 16.5. The molecule has 0 amide bonds. The van der Waals surface area contributed by atoms with Crippen LogP contribution in [0.15, 0.2) is 42.5 Å². The Labute approximate surface area is 120 Å². The summed E-state index contributed by atoms with van der Waals surface area (Å²) in [6.45, 7) is 6.79. The number of ketones is 1. The first kappa shape index (κ1) is 14.3. The minimum atomic E-state index is 0.0371. The van der Waals surface area contributed by atoms with Crippen molar-refractivity contribution >= 4 is 5.78 Å². The molecule has 2 rings (SSSR count). The second-order valence-electron chi connectivity index (χ2n) is 5.00. The average Bonchev–Trinajstić information content (AvgIpc) is 2.47. The molecule has 0 aliphatic heterocycles. The van der Waals surface area contributed by atoms with E-state index >= 15 is 0 Å². The molecule has 0 N–H and O–H groups in total. The van der Waals surface area contributed by atoms with Crippen LogP contribution in [0.2, 0.25) is 0 Å². The first-order valence-corrected chi connectivity index (χ1v) is 6.96. The minimum Gasteiger partial charge on any atom is -0.494 e. The van der Waals surface area contributed by atoms with Crippen LogP contribution >= 0.6 is 0 Å². The SMILES string of the molecule is CCCOc1cccc(C(=O)c2ccc(C)c(C)c2)c1. The van der Waals surface area contributed by atoms with Gasteiger partial charge in [-0.1, -0.05) is 31.2 Å². The maximum Gasteiger partial charge on any atom is 0.193 e. The summed E-state index contributed by atoms with van der Waals surface area (Å²) < 4.78 is 5.57. The molecule has 0 bridgehead atoms. The lowest BCUT2D eigenvalue weighted by molar-refractivity contribution is 0.103. The lowest BCUT2D eigenvalue weighted by Gasteiger charge is -2.08. The van der Waals surface area contributed by atoms with Crippen LogP contribution in [-0.2, 0) is 0 Å². The third-order valence-corrected chi connectivity index (χ3v) is 3.34. The van der Waals surface area contributed by atoms with Gasteiger partial charge >= 0.3 is 0 Å². The molecule has 0 fully saturated rings. The molecule has 0 heterocycles.